The van der Waals surface area contributed by atoms with Gasteiger partial charge in [0, 0.05) is 6.54 Å². The van der Waals surface area contributed by atoms with Crippen LogP contribution in [0.1, 0.15) is 6.42 Å². The van der Waals surface area contributed by atoms with Gasteiger partial charge < -0.3 is 15.2 Å². The summed E-state index contributed by atoms with van der Waals surface area (Å²) in [5.74, 6) is -0.235. The number of rotatable bonds is 3. The number of nitrogens with one attached hydrogen (secondary N) is 1. The minimum Gasteiger partial charge on any atom is -0.503 e. The highest BCUT2D eigenvalue weighted by molar-refractivity contribution is 5.94. The number of aromatic hydroxyl groups is 1. The van der Waals surface area contributed by atoms with Gasteiger partial charge in [-0.25, -0.2) is 0 Å². The molecule has 1 aromatic carbocycles. The quantitative estimate of drug-likeness (QED) is 0.809. The lowest BCUT2D eigenvalue weighted by Gasteiger charge is -2.13. The van der Waals surface area contributed by atoms with E-state index in [2.05, 4.69) is 11.4 Å². The zero-order valence-corrected chi connectivity index (χ0v) is 11.5. The van der Waals surface area contributed by atoms with Crippen molar-refractivity contribution in [1.29, 1.82) is 5.26 Å². The molecule has 1 aliphatic heterocycles. The van der Waals surface area contributed by atoms with E-state index in [0.717, 1.165) is 0 Å². The van der Waals surface area contributed by atoms with E-state index in [-0.39, 0.29) is 23.6 Å². The third-order valence-electron chi connectivity index (χ3n) is 3.54. The monoisotopic (exact) mass is 275 g/mol. The van der Waals surface area contributed by atoms with E-state index in [9.17, 15) is 9.90 Å². The summed E-state index contributed by atoms with van der Waals surface area (Å²) in [4.78, 5) is 14.0. The Labute approximate surface area is 117 Å². The summed E-state index contributed by atoms with van der Waals surface area (Å²) < 4.78 is 4.99. The van der Waals surface area contributed by atoms with Crippen molar-refractivity contribution in [2.75, 3.05) is 26.0 Å². The highest BCUT2D eigenvalue weighted by Crippen LogP contribution is 2.34. The summed E-state index contributed by atoms with van der Waals surface area (Å²) in [5.41, 5.74) is 0.317. The molecule has 1 aromatic rings. The number of nitrogens with zero attached hydrogens (tertiary/aromatic N) is 2. The van der Waals surface area contributed by atoms with Crippen LogP contribution < -0.4 is 10.1 Å². The van der Waals surface area contributed by atoms with E-state index in [1.165, 1.54) is 7.11 Å². The maximum atomic E-state index is 12.2. The van der Waals surface area contributed by atoms with E-state index in [4.69, 9.17) is 10.00 Å². The number of carbonyl (C=O) groups excluding carboxylic acids is 1. The number of hydrogen-bond donors (Lipinski definition) is 2. The molecule has 1 saturated heterocycles. The minimum atomic E-state index is -0.254. The molecular formula is C14H17N3O3. The van der Waals surface area contributed by atoms with Crippen molar-refractivity contribution in [2.24, 2.45) is 5.92 Å². The van der Waals surface area contributed by atoms with Gasteiger partial charge in [-0.1, -0.05) is 6.07 Å². The third kappa shape index (κ3) is 2.68. The van der Waals surface area contributed by atoms with Crippen molar-refractivity contribution in [3.63, 3.8) is 0 Å². The number of nitriles is 1. The number of likely N-dealkylation sites (tertiary alicyclic amines) is 1. The normalized spacial score (nSPS) is 22.2. The van der Waals surface area contributed by atoms with E-state index in [1.54, 1.807) is 18.2 Å². The van der Waals surface area contributed by atoms with Crippen LogP contribution in [0.5, 0.6) is 11.5 Å². The molecule has 0 bridgehead atoms. The summed E-state index contributed by atoms with van der Waals surface area (Å²) >= 11 is 0. The van der Waals surface area contributed by atoms with E-state index in [0.29, 0.717) is 24.4 Å². The fourth-order valence-electron chi connectivity index (χ4n) is 2.36. The van der Waals surface area contributed by atoms with Crippen LogP contribution in [0.15, 0.2) is 18.2 Å². The lowest BCUT2D eigenvalue weighted by molar-refractivity contribution is -0.119. The average Bonchev–Trinajstić information content (AvgIpc) is 2.82. The van der Waals surface area contributed by atoms with Crippen LogP contribution >= 0.6 is 0 Å². The molecule has 0 radical (unpaired) electrons. The van der Waals surface area contributed by atoms with Crippen molar-refractivity contribution < 1.29 is 14.6 Å². The molecule has 0 aliphatic carbocycles. The molecule has 106 valence electrons. The maximum Gasteiger partial charge on any atom is 0.228 e. The topological polar surface area (TPSA) is 85.6 Å². The van der Waals surface area contributed by atoms with Crippen LogP contribution in [0.3, 0.4) is 0 Å². The standard InChI is InChI=1S/C14H17N3O3/c1-17-8-9(6-10(17)7-15)14(19)16-11-4-3-5-12(20-2)13(11)18/h3-5,9-10,18H,6,8H2,1-2H3,(H,16,19)/t9-,10?/m0/s1. The molecule has 2 atom stereocenters. The van der Waals surface area contributed by atoms with Crippen LogP contribution in [-0.4, -0.2) is 42.7 Å². The average molecular weight is 275 g/mol. The van der Waals surface area contributed by atoms with Gasteiger partial charge >= 0.3 is 0 Å². The van der Waals surface area contributed by atoms with Crippen LogP contribution in [0.25, 0.3) is 0 Å². The van der Waals surface area contributed by atoms with Gasteiger partial charge in [-0.05, 0) is 25.6 Å². The molecular weight excluding hydrogens is 258 g/mol. The Morgan fingerprint density at radius 1 is 1.60 bits per heavy atom. The van der Waals surface area contributed by atoms with Crippen molar-refractivity contribution in [3.8, 4) is 17.6 Å². The summed E-state index contributed by atoms with van der Waals surface area (Å²) in [6.07, 6.45) is 0.504. The molecule has 1 heterocycles. The minimum absolute atomic E-state index is 0.0912. The first kappa shape index (κ1) is 14.2. The van der Waals surface area contributed by atoms with Crippen LogP contribution in [0.2, 0.25) is 0 Å². The first-order valence-corrected chi connectivity index (χ1v) is 6.33. The zero-order chi connectivity index (χ0) is 14.7. The number of benzene rings is 1. The molecule has 0 spiro atoms. The van der Waals surface area contributed by atoms with Gasteiger partial charge in [0.25, 0.3) is 0 Å². The summed E-state index contributed by atoms with van der Waals surface area (Å²) in [7, 11) is 3.27. The molecule has 1 unspecified atom stereocenters. The lowest BCUT2D eigenvalue weighted by Crippen LogP contribution is -2.26. The SMILES string of the molecule is COc1cccc(NC(=O)[C@H]2CC(C#N)N(C)C2)c1O. The van der Waals surface area contributed by atoms with Gasteiger partial charge in [-0.2, -0.15) is 5.26 Å². The van der Waals surface area contributed by atoms with Gasteiger partial charge in [-0.15, -0.1) is 0 Å². The number of methoxy groups -OCH3 is 1. The molecule has 1 fully saturated rings. The Hall–Kier alpha value is -2.26. The number of carbonyl (C=O) groups is 1. The van der Waals surface area contributed by atoms with E-state index in [1.807, 2.05) is 11.9 Å². The van der Waals surface area contributed by atoms with E-state index < -0.39 is 0 Å². The zero-order valence-electron chi connectivity index (χ0n) is 11.5. The smallest absolute Gasteiger partial charge is 0.228 e. The second kappa shape index (κ2) is 5.80. The van der Waals surface area contributed by atoms with Gasteiger partial charge in [0.2, 0.25) is 5.91 Å². The fraction of sp³-hybridized carbons (Fsp3) is 0.429. The second-order valence-corrected chi connectivity index (χ2v) is 4.86. The number of ether oxygens (including phenoxy) is 1. The van der Waals surface area contributed by atoms with Gasteiger partial charge in [0.15, 0.2) is 11.5 Å². The molecule has 6 heteroatoms. The third-order valence-corrected chi connectivity index (χ3v) is 3.54. The Balaban J connectivity index is 2.08. The van der Waals surface area contributed by atoms with Crippen LogP contribution in [0, 0.1) is 17.2 Å². The van der Waals surface area contributed by atoms with Crippen molar-refractivity contribution >= 4 is 11.6 Å². The molecule has 20 heavy (non-hydrogen) atoms. The highest BCUT2D eigenvalue weighted by Gasteiger charge is 2.34. The molecule has 1 amide bonds. The van der Waals surface area contributed by atoms with E-state index >= 15 is 0 Å². The Morgan fingerprint density at radius 2 is 2.35 bits per heavy atom. The van der Waals surface area contributed by atoms with Gasteiger partial charge in [0.1, 0.15) is 0 Å². The number of para-hydroxylation sites is 1. The van der Waals surface area contributed by atoms with Gasteiger partial charge in [0.05, 0.1) is 30.8 Å². The first-order chi connectivity index (χ1) is 9.56. The van der Waals surface area contributed by atoms with Crippen molar-refractivity contribution in [1.82, 2.24) is 4.90 Å². The second-order valence-electron chi connectivity index (χ2n) is 4.86. The lowest BCUT2D eigenvalue weighted by atomic mass is 10.1. The van der Waals surface area contributed by atoms with Crippen molar-refractivity contribution in [2.45, 2.75) is 12.5 Å². The maximum absolute atomic E-state index is 12.2. The molecule has 1 aliphatic rings. The Kier molecular flexibility index (Phi) is 4.11. The molecule has 6 nitrogen and oxygen atoms in total. The molecule has 0 aromatic heterocycles. The Bertz CT molecular complexity index is 553. The Morgan fingerprint density at radius 3 is 2.95 bits per heavy atom. The number of phenols is 1. The molecule has 2 rings (SSSR count). The van der Waals surface area contributed by atoms with Gasteiger partial charge in [-0.3, -0.25) is 9.69 Å². The number of phenolic OH excluding ortho intramolecular Hbond substituents is 1. The van der Waals surface area contributed by atoms with Crippen LogP contribution in [-0.2, 0) is 4.79 Å². The van der Waals surface area contributed by atoms with Crippen LogP contribution in [0.4, 0.5) is 5.69 Å². The molecule has 2 N–H and O–H groups in total. The first-order valence-electron chi connectivity index (χ1n) is 6.33. The number of hydrogen-bond acceptors (Lipinski definition) is 5. The summed E-state index contributed by atoms with van der Waals surface area (Å²) in [6.45, 7) is 0.536. The summed E-state index contributed by atoms with van der Waals surface area (Å²) in [6, 6.07) is 6.84. The van der Waals surface area contributed by atoms with Crippen molar-refractivity contribution in [3.05, 3.63) is 18.2 Å². The summed E-state index contributed by atoms with van der Waals surface area (Å²) in [5, 5.41) is 21.6. The fourth-order valence-corrected chi connectivity index (χ4v) is 2.36. The highest BCUT2D eigenvalue weighted by atomic mass is 16.5. The predicted octanol–water partition coefficient (Wildman–Crippen LogP) is 1.18. The largest absolute Gasteiger partial charge is 0.503 e. The predicted molar refractivity (Wildman–Crippen MR) is 73.4 cm³/mol. The number of amides is 1. The number of anilines is 1. The molecule has 0 saturated carbocycles.